The Bertz CT molecular complexity index is 470. The zero-order chi connectivity index (χ0) is 14.5. The summed E-state index contributed by atoms with van der Waals surface area (Å²) in [6, 6.07) is 6.21. The topological polar surface area (TPSA) is 41.1 Å². The third kappa shape index (κ3) is 4.23. The second-order valence-electron chi connectivity index (χ2n) is 5.67. The first kappa shape index (κ1) is 15.4. The molecule has 4 heteroatoms. The van der Waals surface area contributed by atoms with Gasteiger partial charge in [0.2, 0.25) is 5.91 Å². The number of rotatable bonds is 4. The molecule has 0 aliphatic heterocycles. The molecule has 1 aromatic carbocycles. The largest absolute Gasteiger partial charge is 0.374 e. The summed E-state index contributed by atoms with van der Waals surface area (Å²) in [5, 5.41) is 6.46. The van der Waals surface area contributed by atoms with Crippen LogP contribution < -0.4 is 10.6 Å². The molecule has 0 heterocycles. The second kappa shape index (κ2) is 7.11. The van der Waals surface area contributed by atoms with Crippen LogP contribution in [0.1, 0.15) is 44.6 Å². The quantitative estimate of drug-likeness (QED) is 0.870. The number of carbonyl (C=O) groups is 1. The second-order valence-corrected chi connectivity index (χ2v) is 6.58. The van der Waals surface area contributed by atoms with E-state index in [-0.39, 0.29) is 11.9 Å². The molecule has 0 spiro atoms. The summed E-state index contributed by atoms with van der Waals surface area (Å²) >= 11 is 3.46. The monoisotopic (exact) mass is 338 g/mol. The van der Waals surface area contributed by atoms with Crippen LogP contribution in [0, 0.1) is 6.92 Å². The maximum absolute atomic E-state index is 12.2. The number of carbonyl (C=O) groups excluding carboxylic acids is 1. The Morgan fingerprint density at radius 3 is 2.70 bits per heavy atom. The van der Waals surface area contributed by atoms with Crippen molar-refractivity contribution < 1.29 is 4.79 Å². The lowest BCUT2D eigenvalue weighted by Crippen LogP contribution is -2.44. The van der Waals surface area contributed by atoms with Crippen molar-refractivity contribution in [2.45, 2.75) is 58.0 Å². The lowest BCUT2D eigenvalue weighted by molar-refractivity contribution is -0.122. The minimum absolute atomic E-state index is 0.0938. The van der Waals surface area contributed by atoms with Gasteiger partial charge in [0.25, 0.3) is 0 Å². The number of amides is 1. The van der Waals surface area contributed by atoms with E-state index in [0.29, 0.717) is 6.04 Å². The van der Waals surface area contributed by atoms with Crippen LogP contribution in [-0.2, 0) is 4.79 Å². The van der Waals surface area contributed by atoms with Crippen LogP contribution in [0.25, 0.3) is 0 Å². The number of nitrogens with one attached hydrogen (secondary N) is 2. The molecule has 2 rings (SSSR count). The minimum Gasteiger partial charge on any atom is -0.374 e. The van der Waals surface area contributed by atoms with Crippen molar-refractivity contribution in [3.05, 3.63) is 28.2 Å². The van der Waals surface area contributed by atoms with E-state index in [1.165, 1.54) is 19.3 Å². The normalized spacial score (nSPS) is 17.6. The number of aryl methyl sites for hydroxylation is 1. The van der Waals surface area contributed by atoms with Crippen molar-refractivity contribution in [2.75, 3.05) is 5.32 Å². The van der Waals surface area contributed by atoms with E-state index in [4.69, 9.17) is 0 Å². The van der Waals surface area contributed by atoms with E-state index in [1.807, 2.05) is 32.0 Å². The molecular weight excluding hydrogens is 316 g/mol. The predicted molar refractivity (Wildman–Crippen MR) is 87.0 cm³/mol. The molecule has 1 saturated carbocycles. The molecule has 1 aromatic rings. The molecule has 1 unspecified atom stereocenters. The van der Waals surface area contributed by atoms with Crippen molar-refractivity contribution in [1.82, 2.24) is 5.32 Å². The van der Waals surface area contributed by atoms with Crippen LogP contribution in [-0.4, -0.2) is 18.0 Å². The SMILES string of the molecule is Cc1ccc(Br)cc1NC(C)C(=O)NC1CCCCC1. The fourth-order valence-corrected chi connectivity index (χ4v) is 2.98. The summed E-state index contributed by atoms with van der Waals surface area (Å²) in [5.41, 5.74) is 2.15. The number of hydrogen-bond acceptors (Lipinski definition) is 2. The van der Waals surface area contributed by atoms with Gasteiger partial charge < -0.3 is 10.6 Å². The maximum Gasteiger partial charge on any atom is 0.242 e. The third-order valence-electron chi connectivity index (χ3n) is 3.92. The molecule has 20 heavy (non-hydrogen) atoms. The highest BCUT2D eigenvalue weighted by Crippen LogP contribution is 2.22. The van der Waals surface area contributed by atoms with Crippen LogP contribution in [0.3, 0.4) is 0 Å². The third-order valence-corrected chi connectivity index (χ3v) is 4.41. The molecule has 0 radical (unpaired) electrons. The Balaban J connectivity index is 1.91. The van der Waals surface area contributed by atoms with Gasteiger partial charge in [-0.05, 0) is 44.4 Å². The molecule has 110 valence electrons. The molecule has 1 aliphatic rings. The standard InChI is InChI=1S/C16H23BrN2O/c1-11-8-9-13(17)10-15(11)18-12(2)16(20)19-14-6-4-3-5-7-14/h8-10,12,14,18H,3-7H2,1-2H3,(H,19,20). The van der Waals surface area contributed by atoms with E-state index < -0.39 is 0 Å². The molecular formula is C16H23BrN2O. The van der Waals surface area contributed by atoms with Gasteiger partial charge in [0.1, 0.15) is 6.04 Å². The number of hydrogen-bond donors (Lipinski definition) is 2. The zero-order valence-electron chi connectivity index (χ0n) is 12.2. The van der Waals surface area contributed by atoms with E-state index in [0.717, 1.165) is 28.6 Å². The number of benzene rings is 1. The Hall–Kier alpha value is -1.03. The molecule has 0 bridgehead atoms. The van der Waals surface area contributed by atoms with Gasteiger partial charge in [0, 0.05) is 16.2 Å². The Morgan fingerprint density at radius 2 is 2.00 bits per heavy atom. The van der Waals surface area contributed by atoms with Crippen molar-refractivity contribution in [1.29, 1.82) is 0 Å². The molecule has 0 saturated heterocycles. The highest BCUT2D eigenvalue weighted by atomic mass is 79.9. The number of anilines is 1. The van der Waals surface area contributed by atoms with Crippen LogP contribution in [0.5, 0.6) is 0 Å². The van der Waals surface area contributed by atoms with Gasteiger partial charge in [-0.1, -0.05) is 41.3 Å². The predicted octanol–water partition coefficient (Wildman–Crippen LogP) is 4.01. The summed E-state index contributed by atoms with van der Waals surface area (Å²) in [6.07, 6.45) is 6.01. The van der Waals surface area contributed by atoms with E-state index in [2.05, 4.69) is 26.6 Å². The van der Waals surface area contributed by atoms with E-state index in [1.54, 1.807) is 0 Å². The van der Waals surface area contributed by atoms with Gasteiger partial charge in [-0.15, -0.1) is 0 Å². The summed E-state index contributed by atoms with van der Waals surface area (Å²) < 4.78 is 1.02. The molecule has 0 aromatic heterocycles. The Kier molecular flexibility index (Phi) is 5.46. The molecule has 3 nitrogen and oxygen atoms in total. The summed E-state index contributed by atoms with van der Waals surface area (Å²) in [7, 11) is 0. The first-order chi connectivity index (χ1) is 9.56. The fourth-order valence-electron chi connectivity index (χ4n) is 2.62. The summed E-state index contributed by atoms with van der Waals surface area (Å²) in [6.45, 7) is 3.96. The first-order valence-electron chi connectivity index (χ1n) is 7.39. The van der Waals surface area contributed by atoms with Gasteiger partial charge >= 0.3 is 0 Å². The summed E-state index contributed by atoms with van der Waals surface area (Å²) in [5.74, 6) is 0.0938. The Morgan fingerprint density at radius 1 is 1.30 bits per heavy atom. The minimum atomic E-state index is -0.218. The average molecular weight is 339 g/mol. The average Bonchev–Trinajstić information content (AvgIpc) is 2.44. The molecule has 1 amide bonds. The summed E-state index contributed by atoms with van der Waals surface area (Å²) in [4.78, 5) is 12.2. The number of halogens is 1. The van der Waals surface area contributed by atoms with Gasteiger partial charge in [0.15, 0.2) is 0 Å². The van der Waals surface area contributed by atoms with Gasteiger partial charge in [-0.3, -0.25) is 4.79 Å². The van der Waals surface area contributed by atoms with Crippen LogP contribution in [0.4, 0.5) is 5.69 Å². The van der Waals surface area contributed by atoms with Crippen molar-refractivity contribution >= 4 is 27.5 Å². The van der Waals surface area contributed by atoms with Crippen LogP contribution in [0.15, 0.2) is 22.7 Å². The molecule has 2 N–H and O–H groups in total. The van der Waals surface area contributed by atoms with Crippen molar-refractivity contribution in [3.63, 3.8) is 0 Å². The molecule has 1 atom stereocenters. The lowest BCUT2D eigenvalue weighted by atomic mass is 9.95. The first-order valence-corrected chi connectivity index (χ1v) is 8.18. The van der Waals surface area contributed by atoms with Crippen LogP contribution >= 0.6 is 15.9 Å². The Labute approximate surface area is 129 Å². The van der Waals surface area contributed by atoms with Gasteiger partial charge in [0.05, 0.1) is 0 Å². The highest BCUT2D eigenvalue weighted by Gasteiger charge is 2.19. The maximum atomic E-state index is 12.2. The van der Waals surface area contributed by atoms with Crippen molar-refractivity contribution in [3.8, 4) is 0 Å². The van der Waals surface area contributed by atoms with Gasteiger partial charge in [-0.2, -0.15) is 0 Å². The smallest absolute Gasteiger partial charge is 0.242 e. The molecule has 1 aliphatic carbocycles. The lowest BCUT2D eigenvalue weighted by Gasteiger charge is -2.25. The van der Waals surface area contributed by atoms with Gasteiger partial charge in [-0.25, -0.2) is 0 Å². The zero-order valence-corrected chi connectivity index (χ0v) is 13.8. The van der Waals surface area contributed by atoms with Crippen LogP contribution in [0.2, 0.25) is 0 Å². The van der Waals surface area contributed by atoms with E-state index >= 15 is 0 Å². The highest BCUT2D eigenvalue weighted by molar-refractivity contribution is 9.10. The van der Waals surface area contributed by atoms with E-state index in [9.17, 15) is 4.79 Å². The molecule has 1 fully saturated rings. The van der Waals surface area contributed by atoms with Crippen molar-refractivity contribution in [2.24, 2.45) is 0 Å². The fraction of sp³-hybridized carbons (Fsp3) is 0.562.